The van der Waals surface area contributed by atoms with Gasteiger partial charge in [0.05, 0.1) is 25.5 Å². The molecule has 2 heterocycles. The molecule has 1 aliphatic heterocycles. The number of aliphatic hydroxyl groups excluding tert-OH is 1. The molecule has 0 aromatic carbocycles. The third-order valence-electron chi connectivity index (χ3n) is 6.48. The second kappa shape index (κ2) is 13.3. The van der Waals surface area contributed by atoms with Crippen LogP contribution in [0.15, 0.2) is 27.8 Å². The van der Waals surface area contributed by atoms with E-state index >= 15 is 0 Å². The van der Waals surface area contributed by atoms with Crippen molar-refractivity contribution in [1.29, 1.82) is 0 Å². The van der Waals surface area contributed by atoms with E-state index in [1.165, 1.54) is 0 Å². The highest BCUT2D eigenvalue weighted by Gasteiger charge is 2.35. The maximum Gasteiger partial charge on any atom is 0.409 e. The first kappa shape index (κ1) is 26.8. The second-order valence-electron chi connectivity index (χ2n) is 8.94. The van der Waals surface area contributed by atoms with Gasteiger partial charge in [0.25, 0.3) is 0 Å². The number of furan rings is 1. The highest BCUT2D eigenvalue weighted by Crippen LogP contribution is 2.36. The van der Waals surface area contributed by atoms with Crippen LogP contribution >= 0.6 is 24.0 Å². The zero-order chi connectivity index (χ0) is 22.1. The number of nitrogens with one attached hydrogen (secondary N) is 2. The molecule has 3 N–H and O–H groups in total. The van der Waals surface area contributed by atoms with Crippen LogP contribution in [-0.4, -0.2) is 67.0 Å². The normalized spacial score (nSPS) is 24.5. The van der Waals surface area contributed by atoms with E-state index in [1.54, 1.807) is 11.2 Å². The van der Waals surface area contributed by atoms with Gasteiger partial charge in [-0.25, -0.2) is 4.79 Å². The van der Waals surface area contributed by atoms with E-state index in [0.29, 0.717) is 32.8 Å². The van der Waals surface area contributed by atoms with E-state index in [2.05, 4.69) is 17.6 Å². The van der Waals surface area contributed by atoms with Crippen LogP contribution in [0.5, 0.6) is 0 Å². The highest BCUT2D eigenvalue weighted by molar-refractivity contribution is 14.0. The Kier molecular flexibility index (Phi) is 11.1. The first-order valence-electron chi connectivity index (χ1n) is 11.7. The summed E-state index contributed by atoms with van der Waals surface area (Å²) in [7, 11) is 0. The van der Waals surface area contributed by atoms with Crippen LogP contribution in [0.2, 0.25) is 0 Å². The lowest BCUT2D eigenvalue weighted by molar-refractivity contribution is 0.00715. The van der Waals surface area contributed by atoms with Crippen LogP contribution in [0.25, 0.3) is 0 Å². The molecule has 1 aliphatic carbocycles. The first-order chi connectivity index (χ1) is 15.0. The van der Waals surface area contributed by atoms with Crippen LogP contribution < -0.4 is 10.6 Å². The molecule has 1 saturated heterocycles. The number of amides is 1. The number of hydrogen-bond donors (Lipinski definition) is 3. The molecule has 0 bridgehead atoms. The molecule has 3 rings (SSSR count). The van der Waals surface area contributed by atoms with Gasteiger partial charge in [0.1, 0.15) is 5.76 Å². The maximum atomic E-state index is 11.9. The summed E-state index contributed by atoms with van der Waals surface area (Å²) in [5.74, 6) is 1.70. The lowest BCUT2D eigenvalue weighted by Gasteiger charge is -2.37. The number of hydrogen-bond acceptors (Lipinski definition) is 5. The summed E-state index contributed by atoms with van der Waals surface area (Å²) >= 11 is 0. The van der Waals surface area contributed by atoms with Gasteiger partial charge >= 0.3 is 6.09 Å². The lowest BCUT2D eigenvalue weighted by atomic mass is 9.73. The van der Waals surface area contributed by atoms with Crippen LogP contribution in [0.1, 0.15) is 58.1 Å². The zero-order valence-electron chi connectivity index (χ0n) is 19.3. The third kappa shape index (κ3) is 7.83. The van der Waals surface area contributed by atoms with Gasteiger partial charge in [-0.2, -0.15) is 0 Å². The number of carbonyl (C=O) groups excluding carboxylic acids is 1. The van der Waals surface area contributed by atoms with Crippen molar-refractivity contribution in [3.05, 3.63) is 24.2 Å². The fourth-order valence-corrected chi connectivity index (χ4v) is 4.35. The number of aliphatic imine (C=N–C) groups is 1. The minimum atomic E-state index is -0.304. The van der Waals surface area contributed by atoms with Crippen molar-refractivity contribution in [3.63, 3.8) is 0 Å². The number of rotatable bonds is 7. The topological polar surface area (TPSA) is 99.3 Å². The molecule has 0 radical (unpaired) electrons. The lowest BCUT2D eigenvalue weighted by Crippen LogP contribution is -2.50. The number of aliphatic hydroxyl groups is 1. The van der Waals surface area contributed by atoms with E-state index in [-0.39, 0.29) is 47.6 Å². The Balaban J connectivity index is 0.00000363. The van der Waals surface area contributed by atoms with Gasteiger partial charge < -0.3 is 29.8 Å². The average Bonchev–Trinajstić information content (AvgIpc) is 3.28. The van der Waals surface area contributed by atoms with Gasteiger partial charge in [0, 0.05) is 37.5 Å². The van der Waals surface area contributed by atoms with E-state index in [1.807, 2.05) is 19.1 Å². The summed E-state index contributed by atoms with van der Waals surface area (Å²) in [6.07, 6.45) is 7.70. The highest BCUT2D eigenvalue weighted by atomic mass is 127. The van der Waals surface area contributed by atoms with Crippen LogP contribution in [0.4, 0.5) is 4.79 Å². The monoisotopic (exact) mass is 562 g/mol. The molecule has 2 fully saturated rings. The molecule has 8 nitrogen and oxygen atoms in total. The van der Waals surface area contributed by atoms with Crippen molar-refractivity contribution in [2.24, 2.45) is 10.4 Å². The number of carbonyl (C=O) groups is 1. The summed E-state index contributed by atoms with van der Waals surface area (Å²) < 4.78 is 10.5. The van der Waals surface area contributed by atoms with Crippen molar-refractivity contribution in [1.82, 2.24) is 15.5 Å². The van der Waals surface area contributed by atoms with Crippen molar-refractivity contribution in [2.45, 2.75) is 70.9 Å². The summed E-state index contributed by atoms with van der Waals surface area (Å²) in [4.78, 5) is 18.6. The zero-order valence-corrected chi connectivity index (χ0v) is 21.7. The Labute approximate surface area is 208 Å². The molecule has 1 aromatic rings. The molecule has 0 spiro atoms. The van der Waals surface area contributed by atoms with Crippen LogP contribution in [0.3, 0.4) is 0 Å². The smallest absolute Gasteiger partial charge is 0.409 e. The molecule has 32 heavy (non-hydrogen) atoms. The standard InChI is InChI=1S/C23H38N4O4.HI/c1-3-30-22(29)27-14-10-18(11-15-27)26-21(24-13-9-19-7-6-16-31-19)25-17-23(2)12-5-4-8-20(23)28;/h6-7,16,18,20,28H,3-5,8-15,17H2,1-2H3,(H2,24,25,26);1H. The summed E-state index contributed by atoms with van der Waals surface area (Å²) in [6, 6.07) is 4.10. The Morgan fingerprint density at radius 2 is 2.12 bits per heavy atom. The second-order valence-corrected chi connectivity index (χ2v) is 8.94. The molecular formula is C23H39IN4O4. The van der Waals surface area contributed by atoms with E-state index in [4.69, 9.17) is 14.1 Å². The largest absolute Gasteiger partial charge is 0.469 e. The van der Waals surface area contributed by atoms with Gasteiger partial charge in [-0.05, 0) is 44.7 Å². The SMILES string of the molecule is CCOC(=O)N1CCC(NC(=NCC2(C)CCCCC2O)NCCc2ccco2)CC1.I. The third-order valence-corrected chi connectivity index (χ3v) is 6.48. The van der Waals surface area contributed by atoms with Gasteiger partial charge in [-0.15, -0.1) is 24.0 Å². The number of guanidine groups is 1. The molecule has 2 atom stereocenters. The Morgan fingerprint density at radius 3 is 2.78 bits per heavy atom. The summed E-state index contributed by atoms with van der Waals surface area (Å²) in [5, 5.41) is 17.5. The van der Waals surface area contributed by atoms with Gasteiger partial charge in [0.2, 0.25) is 0 Å². The number of piperidine rings is 1. The Hall–Kier alpha value is -1.49. The van der Waals surface area contributed by atoms with Crippen molar-refractivity contribution < 1.29 is 19.1 Å². The van der Waals surface area contributed by atoms with Crippen molar-refractivity contribution >= 4 is 36.0 Å². The van der Waals surface area contributed by atoms with Crippen LogP contribution in [-0.2, 0) is 11.2 Å². The van der Waals surface area contributed by atoms with E-state index in [9.17, 15) is 9.90 Å². The minimum absolute atomic E-state index is 0. The number of ether oxygens (including phenoxy) is 1. The molecule has 2 aliphatic rings. The van der Waals surface area contributed by atoms with Gasteiger partial charge in [-0.1, -0.05) is 19.8 Å². The maximum absolute atomic E-state index is 11.9. The summed E-state index contributed by atoms with van der Waals surface area (Å²) in [5.41, 5.74) is -0.179. The number of halogens is 1. The molecule has 9 heteroatoms. The Morgan fingerprint density at radius 1 is 1.34 bits per heavy atom. The number of likely N-dealkylation sites (tertiary alicyclic amines) is 1. The van der Waals surface area contributed by atoms with Crippen molar-refractivity contribution in [3.8, 4) is 0 Å². The fourth-order valence-electron chi connectivity index (χ4n) is 4.35. The quantitative estimate of drug-likeness (QED) is 0.267. The van der Waals surface area contributed by atoms with E-state index in [0.717, 1.165) is 56.7 Å². The van der Waals surface area contributed by atoms with Gasteiger partial charge in [-0.3, -0.25) is 4.99 Å². The predicted octanol–water partition coefficient (Wildman–Crippen LogP) is 3.54. The molecule has 1 saturated carbocycles. The van der Waals surface area contributed by atoms with Crippen molar-refractivity contribution in [2.75, 3.05) is 32.8 Å². The summed E-state index contributed by atoms with van der Waals surface area (Å²) in [6.45, 7) is 7.01. The first-order valence-corrected chi connectivity index (χ1v) is 11.7. The molecule has 2 unspecified atom stereocenters. The Bertz CT molecular complexity index is 707. The molecule has 182 valence electrons. The molecule has 1 amide bonds. The van der Waals surface area contributed by atoms with E-state index < -0.39 is 0 Å². The fraction of sp³-hybridized carbons (Fsp3) is 0.739. The number of nitrogens with zero attached hydrogens (tertiary/aromatic N) is 2. The molecular weight excluding hydrogens is 523 g/mol. The minimum Gasteiger partial charge on any atom is -0.469 e. The average molecular weight is 562 g/mol. The predicted molar refractivity (Wildman–Crippen MR) is 135 cm³/mol. The van der Waals surface area contributed by atoms with Crippen LogP contribution in [0, 0.1) is 5.41 Å². The van der Waals surface area contributed by atoms with Gasteiger partial charge in [0.15, 0.2) is 5.96 Å². The molecule has 1 aromatic heterocycles.